The minimum Gasteiger partial charge on any atom is -0.389 e. The number of β-amino-alcohol motifs (C(OH)–C–C–N with tert-alkyl or cyclic N) is 2. The molecule has 0 aromatic rings. The molecule has 15 heavy (non-hydrogen) atoms. The fraction of sp³-hybridized carbons (Fsp3) is 1.00. The van der Waals surface area contributed by atoms with Crippen LogP contribution in [0.1, 0.15) is 45.4 Å². The Hall–Kier alpha value is -0.120. The van der Waals surface area contributed by atoms with Crippen molar-refractivity contribution >= 4 is 0 Å². The molecule has 0 aromatic carbocycles. The van der Waals surface area contributed by atoms with Gasteiger partial charge in [0.1, 0.15) is 0 Å². The summed E-state index contributed by atoms with van der Waals surface area (Å²) >= 11 is 0. The summed E-state index contributed by atoms with van der Waals surface area (Å²) in [5.41, 5.74) is 0. The number of aliphatic hydroxyl groups excluding tert-OH is 2. The summed E-state index contributed by atoms with van der Waals surface area (Å²) < 4.78 is 0. The SMILES string of the molecule is CCCCCCCCN1CC(O)C(O)C1. The number of hydrogen-bond donors (Lipinski definition) is 2. The van der Waals surface area contributed by atoms with Crippen LogP contribution in [-0.2, 0) is 0 Å². The first-order valence-corrected chi connectivity index (χ1v) is 6.32. The van der Waals surface area contributed by atoms with Crippen molar-refractivity contribution in [2.24, 2.45) is 0 Å². The molecule has 0 aliphatic carbocycles. The first kappa shape index (κ1) is 12.9. The van der Waals surface area contributed by atoms with E-state index in [0.29, 0.717) is 13.1 Å². The van der Waals surface area contributed by atoms with Gasteiger partial charge in [0.25, 0.3) is 0 Å². The minimum atomic E-state index is -0.523. The van der Waals surface area contributed by atoms with E-state index >= 15 is 0 Å². The molecule has 0 bridgehead atoms. The fourth-order valence-corrected chi connectivity index (χ4v) is 2.15. The van der Waals surface area contributed by atoms with Gasteiger partial charge in [-0.3, -0.25) is 4.90 Å². The summed E-state index contributed by atoms with van der Waals surface area (Å²) in [5.74, 6) is 0. The highest BCUT2D eigenvalue weighted by atomic mass is 16.3. The molecular formula is C12H25NO2. The van der Waals surface area contributed by atoms with Crippen LogP contribution in [0.4, 0.5) is 0 Å². The van der Waals surface area contributed by atoms with Gasteiger partial charge < -0.3 is 10.2 Å². The van der Waals surface area contributed by atoms with E-state index in [-0.39, 0.29) is 0 Å². The van der Waals surface area contributed by atoms with Gasteiger partial charge in [0.2, 0.25) is 0 Å². The van der Waals surface area contributed by atoms with E-state index in [9.17, 15) is 10.2 Å². The van der Waals surface area contributed by atoms with Gasteiger partial charge >= 0.3 is 0 Å². The summed E-state index contributed by atoms with van der Waals surface area (Å²) in [5, 5.41) is 18.7. The van der Waals surface area contributed by atoms with Crippen LogP contribution >= 0.6 is 0 Å². The van der Waals surface area contributed by atoms with Crippen molar-refractivity contribution in [2.45, 2.75) is 57.7 Å². The Morgan fingerprint density at radius 1 is 0.933 bits per heavy atom. The molecule has 0 spiro atoms. The van der Waals surface area contributed by atoms with Gasteiger partial charge in [0.15, 0.2) is 0 Å². The Morgan fingerprint density at radius 3 is 2.07 bits per heavy atom. The lowest BCUT2D eigenvalue weighted by Gasteiger charge is -2.13. The standard InChI is InChI=1S/C12H25NO2/c1-2-3-4-5-6-7-8-13-9-11(14)12(15)10-13/h11-12,14-15H,2-10H2,1H3. The van der Waals surface area contributed by atoms with Crippen LogP contribution in [0, 0.1) is 0 Å². The van der Waals surface area contributed by atoms with E-state index in [0.717, 1.165) is 6.54 Å². The molecule has 3 nitrogen and oxygen atoms in total. The molecule has 1 saturated heterocycles. The average Bonchev–Trinajstić information content (AvgIpc) is 2.52. The zero-order chi connectivity index (χ0) is 11.1. The monoisotopic (exact) mass is 215 g/mol. The largest absolute Gasteiger partial charge is 0.389 e. The molecule has 0 saturated carbocycles. The molecule has 1 rings (SSSR count). The Balaban J connectivity index is 1.92. The minimum absolute atomic E-state index is 0.523. The topological polar surface area (TPSA) is 43.7 Å². The van der Waals surface area contributed by atoms with E-state index in [1.165, 1.54) is 38.5 Å². The maximum absolute atomic E-state index is 9.35. The molecule has 3 heteroatoms. The van der Waals surface area contributed by atoms with Gasteiger partial charge in [-0.05, 0) is 13.0 Å². The number of likely N-dealkylation sites (tertiary alicyclic amines) is 1. The third-order valence-corrected chi connectivity index (χ3v) is 3.16. The molecule has 1 fully saturated rings. The number of rotatable bonds is 7. The first-order valence-electron chi connectivity index (χ1n) is 6.32. The summed E-state index contributed by atoms with van der Waals surface area (Å²) in [6.07, 6.45) is 6.75. The van der Waals surface area contributed by atoms with Crippen molar-refractivity contribution < 1.29 is 10.2 Å². The highest BCUT2D eigenvalue weighted by Crippen LogP contribution is 2.12. The molecule has 2 N–H and O–H groups in total. The molecule has 0 aromatic heterocycles. The van der Waals surface area contributed by atoms with E-state index in [4.69, 9.17) is 0 Å². The summed E-state index contributed by atoms with van der Waals surface area (Å²) in [6.45, 7) is 4.56. The highest BCUT2D eigenvalue weighted by molar-refractivity contribution is 4.82. The van der Waals surface area contributed by atoms with Gasteiger partial charge in [-0.1, -0.05) is 39.0 Å². The average molecular weight is 215 g/mol. The second kappa shape index (κ2) is 7.20. The van der Waals surface area contributed by atoms with Crippen molar-refractivity contribution in [3.63, 3.8) is 0 Å². The second-order valence-electron chi connectivity index (χ2n) is 4.66. The first-order chi connectivity index (χ1) is 7.24. The van der Waals surface area contributed by atoms with Crippen LogP contribution in [0.3, 0.4) is 0 Å². The van der Waals surface area contributed by atoms with Crippen LogP contribution in [0.15, 0.2) is 0 Å². The van der Waals surface area contributed by atoms with Crippen LogP contribution in [0.25, 0.3) is 0 Å². The lowest BCUT2D eigenvalue weighted by Crippen LogP contribution is -2.23. The van der Waals surface area contributed by atoms with Crippen molar-refractivity contribution in [3.8, 4) is 0 Å². The zero-order valence-electron chi connectivity index (χ0n) is 9.86. The Bertz CT molecular complexity index is 154. The van der Waals surface area contributed by atoms with Gasteiger partial charge in [0.05, 0.1) is 12.2 Å². The van der Waals surface area contributed by atoms with E-state index in [2.05, 4.69) is 11.8 Å². The van der Waals surface area contributed by atoms with Crippen LogP contribution in [-0.4, -0.2) is 47.0 Å². The van der Waals surface area contributed by atoms with Gasteiger partial charge in [-0.2, -0.15) is 0 Å². The number of nitrogens with zero attached hydrogens (tertiary/aromatic N) is 1. The van der Waals surface area contributed by atoms with Gasteiger partial charge in [-0.25, -0.2) is 0 Å². The Labute approximate surface area is 93.1 Å². The third-order valence-electron chi connectivity index (χ3n) is 3.16. The molecular weight excluding hydrogens is 190 g/mol. The third kappa shape index (κ3) is 4.96. The molecule has 1 heterocycles. The van der Waals surface area contributed by atoms with E-state index in [1.54, 1.807) is 0 Å². The molecule has 90 valence electrons. The van der Waals surface area contributed by atoms with Crippen molar-refractivity contribution in [1.29, 1.82) is 0 Å². The molecule has 2 atom stereocenters. The van der Waals surface area contributed by atoms with Gasteiger partial charge in [-0.15, -0.1) is 0 Å². The lowest BCUT2D eigenvalue weighted by atomic mass is 10.1. The second-order valence-corrected chi connectivity index (χ2v) is 4.66. The van der Waals surface area contributed by atoms with Crippen molar-refractivity contribution in [3.05, 3.63) is 0 Å². The molecule has 1 aliphatic rings. The predicted molar refractivity (Wildman–Crippen MR) is 61.8 cm³/mol. The maximum Gasteiger partial charge on any atom is 0.0938 e. The van der Waals surface area contributed by atoms with E-state index < -0.39 is 12.2 Å². The van der Waals surface area contributed by atoms with Crippen LogP contribution in [0.2, 0.25) is 0 Å². The number of aliphatic hydroxyl groups is 2. The Morgan fingerprint density at radius 2 is 1.47 bits per heavy atom. The Kier molecular flexibility index (Phi) is 6.22. The predicted octanol–water partition coefficient (Wildman–Crippen LogP) is 1.38. The van der Waals surface area contributed by atoms with Crippen molar-refractivity contribution in [1.82, 2.24) is 4.90 Å². The molecule has 1 aliphatic heterocycles. The van der Waals surface area contributed by atoms with Crippen molar-refractivity contribution in [2.75, 3.05) is 19.6 Å². The molecule has 0 radical (unpaired) electrons. The molecule has 2 unspecified atom stereocenters. The number of hydrogen-bond acceptors (Lipinski definition) is 3. The van der Waals surface area contributed by atoms with Crippen LogP contribution in [0.5, 0.6) is 0 Å². The lowest BCUT2D eigenvalue weighted by molar-refractivity contribution is 0.0572. The normalized spacial score (nSPS) is 27.4. The van der Waals surface area contributed by atoms with E-state index in [1.807, 2.05) is 0 Å². The summed E-state index contributed by atoms with van der Waals surface area (Å²) in [7, 11) is 0. The quantitative estimate of drug-likeness (QED) is 0.631. The molecule has 0 amide bonds. The van der Waals surface area contributed by atoms with Crippen LogP contribution < -0.4 is 0 Å². The highest BCUT2D eigenvalue weighted by Gasteiger charge is 2.28. The number of unbranched alkanes of at least 4 members (excludes halogenated alkanes) is 5. The fourth-order valence-electron chi connectivity index (χ4n) is 2.15. The van der Waals surface area contributed by atoms with Gasteiger partial charge in [0, 0.05) is 13.1 Å². The summed E-state index contributed by atoms with van der Waals surface area (Å²) in [4.78, 5) is 2.16. The summed E-state index contributed by atoms with van der Waals surface area (Å²) in [6, 6.07) is 0. The zero-order valence-corrected chi connectivity index (χ0v) is 9.86. The maximum atomic E-state index is 9.35. The smallest absolute Gasteiger partial charge is 0.0938 e.